The van der Waals surface area contributed by atoms with Crippen molar-refractivity contribution in [2.24, 2.45) is 0 Å². The molecule has 4 aromatic rings. The van der Waals surface area contributed by atoms with Gasteiger partial charge in [-0.05, 0) is 30.7 Å². The summed E-state index contributed by atoms with van der Waals surface area (Å²) in [6.45, 7) is 2.13. The number of pyridine rings is 1. The van der Waals surface area contributed by atoms with Gasteiger partial charge in [0.1, 0.15) is 0 Å². The Bertz CT molecular complexity index is 905. The van der Waals surface area contributed by atoms with Crippen LogP contribution in [-0.4, -0.2) is 9.97 Å². The highest BCUT2D eigenvalue weighted by molar-refractivity contribution is 6.12. The zero-order chi connectivity index (χ0) is 13.5. The second kappa shape index (κ2) is 4.20. The molecule has 0 saturated heterocycles. The van der Waals surface area contributed by atoms with Crippen LogP contribution in [0.1, 0.15) is 5.56 Å². The third kappa shape index (κ3) is 1.55. The molecule has 0 atom stereocenters. The summed E-state index contributed by atoms with van der Waals surface area (Å²) in [5.41, 5.74) is 5.79. The number of aromatic nitrogens is 2. The number of H-pyrrole nitrogens is 1. The molecule has 2 nitrogen and oxygen atoms in total. The zero-order valence-corrected chi connectivity index (χ0v) is 11.2. The van der Waals surface area contributed by atoms with Gasteiger partial charge in [-0.1, -0.05) is 36.4 Å². The lowest BCUT2D eigenvalue weighted by Gasteiger charge is -2.06. The van der Waals surface area contributed by atoms with E-state index in [-0.39, 0.29) is 0 Å². The summed E-state index contributed by atoms with van der Waals surface area (Å²) in [5.74, 6) is 0. The van der Waals surface area contributed by atoms with Crippen LogP contribution >= 0.6 is 0 Å². The van der Waals surface area contributed by atoms with E-state index >= 15 is 0 Å². The van der Waals surface area contributed by atoms with Gasteiger partial charge in [0.15, 0.2) is 0 Å². The van der Waals surface area contributed by atoms with Crippen molar-refractivity contribution in [3.05, 3.63) is 66.4 Å². The van der Waals surface area contributed by atoms with Crippen LogP contribution in [0, 0.1) is 6.92 Å². The maximum absolute atomic E-state index is 4.51. The van der Waals surface area contributed by atoms with E-state index in [1.54, 1.807) is 0 Å². The van der Waals surface area contributed by atoms with E-state index < -0.39 is 0 Å². The van der Waals surface area contributed by atoms with Crippen molar-refractivity contribution in [1.82, 2.24) is 9.97 Å². The van der Waals surface area contributed by atoms with E-state index in [1.807, 2.05) is 18.3 Å². The van der Waals surface area contributed by atoms with Crippen molar-refractivity contribution in [1.29, 1.82) is 0 Å². The first-order valence-electron chi connectivity index (χ1n) is 6.76. The highest BCUT2D eigenvalue weighted by Crippen LogP contribution is 2.34. The lowest BCUT2D eigenvalue weighted by atomic mass is 10.0. The van der Waals surface area contributed by atoms with Gasteiger partial charge in [0.2, 0.25) is 0 Å². The molecule has 0 bridgehead atoms. The van der Waals surface area contributed by atoms with Crippen LogP contribution in [0.3, 0.4) is 0 Å². The first-order valence-corrected chi connectivity index (χ1v) is 6.76. The predicted octanol–water partition coefficient (Wildman–Crippen LogP) is 4.69. The van der Waals surface area contributed by atoms with E-state index in [1.165, 1.54) is 32.9 Å². The van der Waals surface area contributed by atoms with Crippen molar-refractivity contribution in [3.63, 3.8) is 0 Å². The Morgan fingerprint density at radius 2 is 1.70 bits per heavy atom. The SMILES string of the molecule is Cc1ccc2c([nH]c3ccccc32)c1-c1ccccn1. The smallest absolute Gasteiger partial charge is 0.0725 e. The van der Waals surface area contributed by atoms with Crippen LogP contribution in [0.2, 0.25) is 0 Å². The molecule has 0 aliphatic heterocycles. The molecule has 0 aliphatic rings. The lowest BCUT2D eigenvalue weighted by Crippen LogP contribution is -1.88. The molecule has 2 aromatic heterocycles. The maximum Gasteiger partial charge on any atom is 0.0725 e. The fourth-order valence-corrected chi connectivity index (χ4v) is 2.86. The minimum absolute atomic E-state index is 1.02. The number of aryl methyl sites for hydroxylation is 1. The third-order valence-corrected chi connectivity index (χ3v) is 3.81. The fourth-order valence-electron chi connectivity index (χ4n) is 2.86. The molecule has 0 saturated carbocycles. The Balaban J connectivity index is 2.17. The number of nitrogens with zero attached hydrogens (tertiary/aromatic N) is 1. The summed E-state index contributed by atoms with van der Waals surface area (Å²) in [4.78, 5) is 8.06. The van der Waals surface area contributed by atoms with E-state index in [2.05, 4.69) is 59.4 Å². The number of hydrogen-bond donors (Lipinski definition) is 1. The Hall–Kier alpha value is -2.61. The molecule has 2 heteroatoms. The molecule has 0 radical (unpaired) electrons. The summed E-state index contributed by atoms with van der Waals surface area (Å²) < 4.78 is 0. The largest absolute Gasteiger partial charge is 0.354 e. The minimum atomic E-state index is 1.02. The number of fused-ring (bicyclic) bond motifs is 3. The van der Waals surface area contributed by atoms with E-state index in [4.69, 9.17) is 0 Å². The molecule has 0 fully saturated rings. The quantitative estimate of drug-likeness (QED) is 0.527. The summed E-state index contributed by atoms with van der Waals surface area (Å²) in [6.07, 6.45) is 1.84. The van der Waals surface area contributed by atoms with Crippen LogP contribution in [-0.2, 0) is 0 Å². The first kappa shape index (κ1) is 11.2. The second-order valence-electron chi connectivity index (χ2n) is 5.07. The zero-order valence-electron chi connectivity index (χ0n) is 11.2. The number of nitrogens with one attached hydrogen (secondary N) is 1. The van der Waals surface area contributed by atoms with E-state index in [0.717, 1.165) is 5.69 Å². The molecule has 20 heavy (non-hydrogen) atoms. The van der Waals surface area contributed by atoms with Gasteiger partial charge in [-0.25, -0.2) is 0 Å². The normalized spacial score (nSPS) is 11.2. The Kier molecular flexibility index (Phi) is 2.36. The molecular weight excluding hydrogens is 244 g/mol. The molecule has 4 rings (SSSR count). The molecule has 0 unspecified atom stereocenters. The number of rotatable bonds is 1. The van der Waals surface area contributed by atoms with Crippen molar-refractivity contribution >= 4 is 21.8 Å². The third-order valence-electron chi connectivity index (χ3n) is 3.81. The fraction of sp³-hybridized carbons (Fsp3) is 0.0556. The van der Waals surface area contributed by atoms with Gasteiger partial charge in [0.25, 0.3) is 0 Å². The number of benzene rings is 2. The Labute approximate surface area is 117 Å². The average Bonchev–Trinajstić information content (AvgIpc) is 2.86. The monoisotopic (exact) mass is 258 g/mol. The van der Waals surface area contributed by atoms with Crippen molar-refractivity contribution in [2.45, 2.75) is 6.92 Å². The molecule has 2 aromatic carbocycles. The van der Waals surface area contributed by atoms with Gasteiger partial charge < -0.3 is 4.98 Å². The van der Waals surface area contributed by atoms with Crippen LogP contribution in [0.25, 0.3) is 33.1 Å². The van der Waals surface area contributed by atoms with Gasteiger partial charge in [-0.15, -0.1) is 0 Å². The van der Waals surface area contributed by atoms with Gasteiger partial charge >= 0.3 is 0 Å². The highest BCUT2D eigenvalue weighted by Gasteiger charge is 2.12. The average molecular weight is 258 g/mol. The van der Waals surface area contributed by atoms with Crippen LogP contribution in [0.4, 0.5) is 0 Å². The molecule has 1 N–H and O–H groups in total. The van der Waals surface area contributed by atoms with Crippen LogP contribution < -0.4 is 0 Å². The Morgan fingerprint density at radius 3 is 2.55 bits per heavy atom. The number of hydrogen-bond acceptors (Lipinski definition) is 1. The van der Waals surface area contributed by atoms with Crippen molar-refractivity contribution in [3.8, 4) is 11.3 Å². The summed E-state index contributed by atoms with van der Waals surface area (Å²) in [7, 11) is 0. The number of aromatic amines is 1. The standard InChI is InChI=1S/C18H14N2/c1-12-9-10-14-13-6-2-3-7-15(13)20-18(14)17(12)16-8-4-5-11-19-16/h2-11,20H,1H3. The second-order valence-corrected chi connectivity index (χ2v) is 5.07. The van der Waals surface area contributed by atoms with Crippen LogP contribution in [0.5, 0.6) is 0 Å². The molecule has 0 aliphatic carbocycles. The minimum Gasteiger partial charge on any atom is -0.354 e. The van der Waals surface area contributed by atoms with Gasteiger partial charge in [-0.3, -0.25) is 4.98 Å². The van der Waals surface area contributed by atoms with Crippen LogP contribution in [0.15, 0.2) is 60.8 Å². The van der Waals surface area contributed by atoms with E-state index in [9.17, 15) is 0 Å². The highest BCUT2D eigenvalue weighted by atomic mass is 14.7. The summed E-state index contributed by atoms with van der Waals surface area (Å²) >= 11 is 0. The predicted molar refractivity (Wildman–Crippen MR) is 83.8 cm³/mol. The van der Waals surface area contributed by atoms with Crippen molar-refractivity contribution in [2.75, 3.05) is 0 Å². The molecule has 0 amide bonds. The molecule has 2 heterocycles. The lowest BCUT2D eigenvalue weighted by molar-refractivity contribution is 1.31. The first-order chi connectivity index (χ1) is 9.84. The van der Waals surface area contributed by atoms with Gasteiger partial charge in [-0.2, -0.15) is 0 Å². The molecule has 0 spiro atoms. The van der Waals surface area contributed by atoms with Gasteiger partial charge in [0.05, 0.1) is 11.2 Å². The van der Waals surface area contributed by atoms with E-state index in [0.29, 0.717) is 0 Å². The molecule has 96 valence electrons. The van der Waals surface area contributed by atoms with Crippen molar-refractivity contribution < 1.29 is 0 Å². The summed E-state index contributed by atoms with van der Waals surface area (Å²) in [6, 6.07) is 18.8. The maximum atomic E-state index is 4.51. The topological polar surface area (TPSA) is 28.7 Å². The molecular formula is C18H14N2. The number of para-hydroxylation sites is 1. The van der Waals surface area contributed by atoms with Gasteiger partial charge in [0, 0.05) is 28.0 Å². The summed E-state index contributed by atoms with van der Waals surface area (Å²) in [5, 5.41) is 2.52. The Morgan fingerprint density at radius 1 is 0.850 bits per heavy atom.